The molecule has 1 heterocycles. The first-order valence-electron chi connectivity index (χ1n) is 7.82. The molecule has 1 aliphatic rings. The Kier molecular flexibility index (Phi) is 5.62. The number of benzene rings is 1. The molecule has 0 bridgehead atoms. The van der Waals surface area contributed by atoms with E-state index in [1.807, 2.05) is 6.07 Å². The van der Waals surface area contributed by atoms with Crippen molar-refractivity contribution in [2.24, 2.45) is 5.73 Å². The minimum atomic E-state index is 0.119. The van der Waals surface area contributed by atoms with E-state index >= 15 is 0 Å². The standard InChI is InChI=1S/C17H29N3O/c1-19-10-5-8-17(14-18,9-11-19)20(2)13-15-6-4-7-16(12-15)21-3/h4,6-7,12H,5,8-11,13-14,18H2,1-3H3. The van der Waals surface area contributed by atoms with E-state index in [1.165, 1.54) is 24.9 Å². The molecule has 1 fully saturated rings. The van der Waals surface area contributed by atoms with Gasteiger partial charge in [0, 0.05) is 18.6 Å². The SMILES string of the molecule is COc1cccc(CN(C)C2(CN)CCCN(C)CC2)c1. The van der Waals surface area contributed by atoms with Crippen LogP contribution in [-0.2, 0) is 6.54 Å². The lowest BCUT2D eigenvalue weighted by Crippen LogP contribution is -2.52. The maximum Gasteiger partial charge on any atom is 0.119 e. The summed E-state index contributed by atoms with van der Waals surface area (Å²) in [6.07, 6.45) is 3.53. The molecule has 0 aliphatic carbocycles. The third-order valence-corrected chi connectivity index (χ3v) is 4.88. The number of methoxy groups -OCH3 is 1. The average molecular weight is 291 g/mol. The van der Waals surface area contributed by atoms with Gasteiger partial charge in [0.2, 0.25) is 0 Å². The zero-order valence-corrected chi connectivity index (χ0v) is 13.6. The van der Waals surface area contributed by atoms with E-state index in [0.29, 0.717) is 0 Å². The molecule has 1 aromatic rings. The number of likely N-dealkylation sites (tertiary alicyclic amines) is 1. The molecule has 1 atom stereocenters. The summed E-state index contributed by atoms with van der Waals surface area (Å²) in [4.78, 5) is 4.86. The molecular formula is C17H29N3O. The number of hydrogen-bond acceptors (Lipinski definition) is 4. The third kappa shape index (κ3) is 3.96. The van der Waals surface area contributed by atoms with Crippen molar-refractivity contribution in [1.82, 2.24) is 9.80 Å². The molecule has 0 amide bonds. The zero-order chi connectivity index (χ0) is 15.3. The second kappa shape index (κ2) is 7.25. The molecule has 0 spiro atoms. The second-order valence-corrected chi connectivity index (χ2v) is 6.29. The monoisotopic (exact) mass is 291 g/mol. The minimum absolute atomic E-state index is 0.119. The molecule has 0 radical (unpaired) electrons. The Morgan fingerprint density at radius 1 is 1.33 bits per heavy atom. The van der Waals surface area contributed by atoms with Crippen molar-refractivity contribution in [3.63, 3.8) is 0 Å². The van der Waals surface area contributed by atoms with Crippen LogP contribution in [0.3, 0.4) is 0 Å². The Morgan fingerprint density at radius 2 is 2.14 bits per heavy atom. The van der Waals surface area contributed by atoms with Gasteiger partial charge in [-0.1, -0.05) is 12.1 Å². The first-order chi connectivity index (χ1) is 10.1. The Balaban J connectivity index is 2.10. The highest BCUT2D eigenvalue weighted by Crippen LogP contribution is 2.28. The number of ether oxygens (including phenoxy) is 1. The van der Waals surface area contributed by atoms with Gasteiger partial charge in [-0.05, 0) is 64.1 Å². The van der Waals surface area contributed by atoms with Gasteiger partial charge in [-0.3, -0.25) is 4.90 Å². The number of rotatable bonds is 5. The highest BCUT2D eigenvalue weighted by atomic mass is 16.5. The number of likely N-dealkylation sites (N-methyl/N-ethyl adjacent to an activating group) is 1. The predicted molar refractivity (Wildman–Crippen MR) is 87.6 cm³/mol. The molecule has 2 N–H and O–H groups in total. The molecule has 1 unspecified atom stereocenters. The Hall–Kier alpha value is -1.10. The molecule has 21 heavy (non-hydrogen) atoms. The molecule has 1 aromatic carbocycles. The fourth-order valence-corrected chi connectivity index (χ4v) is 3.27. The van der Waals surface area contributed by atoms with Crippen LogP contribution in [0.2, 0.25) is 0 Å². The van der Waals surface area contributed by atoms with Crippen molar-refractivity contribution in [3.8, 4) is 5.75 Å². The molecule has 4 nitrogen and oxygen atoms in total. The molecular weight excluding hydrogens is 262 g/mol. The fourth-order valence-electron chi connectivity index (χ4n) is 3.27. The van der Waals surface area contributed by atoms with Crippen molar-refractivity contribution in [2.75, 3.05) is 40.8 Å². The van der Waals surface area contributed by atoms with Crippen LogP contribution in [0.1, 0.15) is 24.8 Å². The van der Waals surface area contributed by atoms with Crippen LogP contribution in [0.15, 0.2) is 24.3 Å². The third-order valence-electron chi connectivity index (χ3n) is 4.88. The van der Waals surface area contributed by atoms with Gasteiger partial charge in [0.05, 0.1) is 7.11 Å². The molecule has 118 valence electrons. The van der Waals surface area contributed by atoms with Crippen molar-refractivity contribution >= 4 is 0 Å². The summed E-state index contributed by atoms with van der Waals surface area (Å²) in [6, 6.07) is 8.32. The quantitative estimate of drug-likeness (QED) is 0.900. The highest BCUT2D eigenvalue weighted by molar-refractivity contribution is 5.28. The predicted octanol–water partition coefficient (Wildman–Crippen LogP) is 1.94. The maximum atomic E-state index is 6.18. The second-order valence-electron chi connectivity index (χ2n) is 6.29. The fraction of sp³-hybridized carbons (Fsp3) is 0.647. The van der Waals surface area contributed by atoms with Gasteiger partial charge in [-0.15, -0.1) is 0 Å². The maximum absolute atomic E-state index is 6.18. The van der Waals surface area contributed by atoms with Gasteiger partial charge in [-0.2, -0.15) is 0 Å². The first-order valence-corrected chi connectivity index (χ1v) is 7.82. The lowest BCUT2D eigenvalue weighted by atomic mass is 9.88. The summed E-state index contributed by atoms with van der Waals surface area (Å²) in [5.74, 6) is 0.920. The number of nitrogens with zero attached hydrogens (tertiary/aromatic N) is 2. The van der Waals surface area contributed by atoms with Gasteiger partial charge in [0.1, 0.15) is 5.75 Å². The van der Waals surface area contributed by atoms with Crippen molar-refractivity contribution < 1.29 is 4.74 Å². The van der Waals surface area contributed by atoms with Crippen molar-refractivity contribution in [3.05, 3.63) is 29.8 Å². The van der Waals surface area contributed by atoms with E-state index in [9.17, 15) is 0 Å². The van der Waals surface area contributed by atoms with Crippen LogP contribution >= 0.6 is 0 Å². The minimum Gasteiger partial charge on any atom is -0.497 e. The average Bonchev–Trinajstić information content (AvgIpc) is 2.70. The van der Waals surface area contributed by atoms with Crippen LogP contribution in [-0.4, -0.2) is 56.2 Å². The van der Waals surface area contributed by atoms with Crippen molar-refractivity contribution in [1.29, 1.82) is 0 Å². The summed E-state index contributed by atoms with van der Waals surface area (Å²) in [5, 5.41) is 0. The summed E-state index contributed by atoms with van der Waals surface area (Å²) >= 11 is 0. The largest absolute Gasteiger partial charge is 0.497 e. The summed E-state index contributed by atoms with van der Waals surface area (Å²) in [7, 11) is 6.12. The summed E-state index contributed by atoms with van der Waals surface area (Å²) in [5.41, 5.74) is 7.58. The van der Waals surface area contributed by atoms with Crippen LogP contribution in [0.5, 0.6) is 5.75 Å². The zero-order valence-electron chi connectivity index (χ0n) is 13.6. The van der Waals surface area contributed by atoms with Crippen LogP contribution in [0, 0.1) is 0 Å². The molecule has 2 rings (SSSR count). The van der Waals surface area contributed by atoms with Gasteiger partial charge in [0.25, 0.3) is 0 Å². The molecule has 0 saturated carbocycles. The van der Waals surface area contributed by atoms with Gasteiger partial charge in [0.15, 0.2) is 0 Å². The Morgan fingerprint density at radius 3 is 2.86 bits per heavy atom. The van der Waals surface area contributed by atoms with Gasteiger partial charge in [-0.25, -0.2) is 0 Å². The van der Waals surface area contributed by atoms with E-state index in [2.05, 4.69) is 42.1 Å². The molecule has 0 aromatic heterocycles. The van der Waals surface area contributed by atoms with Crippen LogP contribution in [0.25, 0.3) is 0 Å². The molecule has 4 heteroatoms. The van der Waals surface area contributed by atoms with Gasteiger partial charge < -0.3 is 15.4 Å². The Bertz CT molecular complexity index is 451. The lowest BCUT2D eigenvalue weighted by Gasteiger charge is -2.41. The normalized spacial score (nSPS) is 24.0. The summed E-state index contributed by atoms with van der Waals surface area (Å²) < 4.78 is 5.32. The van der Waals surface area contributed by atoms with E-state index in [0.717, 1.165) is 31.8 Å². The highest BCUT2D eigenvalue weighted by Gasteiger charge is 2.34. The number of nitrogens with two attached hydrogens (primary N) is 1. The van der Waals surface area contributed by atoms with E-state index in [4.69, 9.17) is 10.5 Å². The molecule has 1 aliphatic heterocycles. The van der Waals surface area contributed by atoms with Gasteiger partial charge >= 0.3 is 0 Å². The number of hydrogen-bond donors (Lipinski definition) is 1. The van der Waals surface area contributed by atoms with E-state index in [-0.39, 0.29) is 5.54 Å². The van der Waals surface area contributed by atoms with Crippen LogP contribution in [0.4, 0.5) is 0 Å². The Labute approximate surface area is 128 Å². The smallest absolute Gasteiger partial charge is 0.119 e. The van der Waals surface area contributed by atoms with Crippen molar-refractivity contribution in [2.45, 2.75) is 31.3 Å². The topological polar surface area (TPSA) is 41.7 Å². The lowest BCUT2D eigenvalue weighted by molar-refractivity contribution is 0.100. The van der Waals surface area contributed by atoms with E-state index in [1.54, 1.807) is 7.11 Å². The molecule has 1 saturated heterocycles. The first kappa shape index (κ1) is 16.3. The van der Waals surface area contributed by atoms with Crippen LogP contribution < -0.4 is 10.5 Å². The van der Waals surface area contributed by atoms with E-state index < -0.39 is 0 Å². The summed E-state index contributed by atoms with van der Waals surface area (Å²) in [6.45, 7) is 3.94.